The van der Waals surface area contributed by atoms with E-state index in [1.165, 1.54) is 12.1 Å². The minimum Gasteiger partial charge on any atom is -0.412 e. The van der Waals surface area contributed by atoms with Crippen LogP contribution in [0.25, 0.3) is 0 Å². The summed E-state index contributed by atoms with van der Waals surface area (Å²) >= 11 is 12.3. The van der Waals surface area contributed by atoms with Gasteiger partial charge in [0.15, 0.2) is 0 Å². The number of carbonyl (C=O) groups excluding carboxylic acids is 2. The van der Waals surface area contributed by atoms with Gasteiger partial charge in [0.05, 0.1) is 22.3 Å². The van der Waals surface area contributed by atoms with Gasteiger partial charge < -0.3 is 16.5 Å². The molecule has 5 N–H and O–H groups in total. The predicted octanol–water partition coefficient (Wildman–Crippen LogP) is 4.57. The molecule has 2 amide bonds. The van der Waals surface area contributed by atoms with Gasteiger partial charge in [-0.2, -0.15) is 0 Å². The van der Waals surface area contributed by atoms with E-state index in [1.54, 1.807) is 36.5 Å². The van der Waals surface area contributed by atoms with Crippen molar-refractivity contribution in [2.45, 2.75) is 24.8 Å². The molecule has 4 rings (SSSR count). The summed E-state index contributed by atoms with van der Waals surface area (Å²) in [5.41, 5.74) is 8.20. The summed E-state index contributed by atoms with van der Waals surface area (Å²) < 4.78 is 13.5. The third kappa shape index (κ3) is 10.1. The molecular weight excluding hydrogens is 615 g/mol. The lowest BCUT2D eigenvalue weighted by molar-refractivity contribution is -0.127. The summed E-state index contributed by atoms with van der Waals surface area (Å²) in [7, 11) is 0. The van der Waals surface area contributed by atoms with Crippen molar-refractivity contribution in [1.82, 2.24) is 14.8 Å². The number of carbonyl (C=O) groups is 2. The highest BCUT2D eigenvalue weighted by atomic mass is 35.5. The molecule has 2 heterocycles. The van der Waals surface area contributed by atoms with Crippen molar-refractivity contribution in [3.05, 3.63) is 94.0 Å². The molecule has 13 heteroatoms. The summed E-state index contributed by atoms with van der Waals surface area (Å²) in [5, 5.41) is 3.47. The number of hydrogen-bond acceptors (Lipinski definition) is 5. The van der Waals surface area contributed by atoms with Gasteiger partial charge in [0.25, 0.3) is 0 Å². The first-order chi connectivity index (χ1) is 18.3. The second kappa shape index (κ2) is 17.5. The Hall–Kier alpha value is -2.50. The Labute approximate surface area is 261 Å². The van der Waals surface area contributed by atoms with Crippen molar-refractivity contribution < 1.29 is 19.5 Å². The molecule has 1 saturated heterocycles. The molecule has 1 aromatic heterocycles. The van der Waals surface area contributed by atoms with E-state index in [0.29, 0.717) is 41.9 Å². The Morgan fingerprint density at radius 1 is 1.02 bits per heavy atom. The number of pyridine rings is 1. The van der Waals surface area contributed by atoms with Crippen LogP contribution in [0.2, 0.25) is 10.0 Å². The van der Waals surface area contributed by atoms with Gasteiger partial charge in [-0.1, -0.05) is 47.5 Å². The normalized spacial score (nSPS) is 15.9. The molecule has 0 radical (unpaired) electrons. The molecule has 0 aliphatic carbocycles. The van der Waals surface area contributed by atoms with E-state index in [2.05, 4.69) is 15.2 Å². The molecule has 0 saturated carbocycles. The van der Waals surface area contributed by atoms with Crippen molar-refractivity contribution in [2.24, 2.45) is 5.73 Å². The van der Waals surface area contributed by atoms with Gasteiger partial charge in [-0.05, 0) is 60.8 Å². The second-order valence-corrected chi connectivity index (χ2v) is 10.2. The van der Waals surface area contributed by atoms with Gasteiger partial charge in [-0.15, -0.1) is 24.8 Å². The first kappa shape index (κ1) is 36.5. The summed E-state index contributed by atoms with van der Waals surface area (Å²) in [4.78, 5) is 33.2. The summed E-state index contributed by atoms with van der Waals surface area (Å²) in [6.45, 7) is 2.32. The maximum atomic E-state index is 13.5. The Morgan fingerprint density at radius 3 is 2.32 bits per heavy atom. The molecule has 0 bridgehead atoms. The maximum Gasteiger partial charge on any atom is 0.238 e. The van der Waals surface area contributed by atoms with E-state index in [4.69, 9.17) is 28.9 Å². The molecule has 41 heavy (non-hydrogen) atoms. The maximum absolute atomic E-state index is 13.5. The van der Waals surface area contributed by atoms with E-state index in [9.17, 15) is 14.0 Å². The number of aromatic nitrogens is 1. The third-order valence-corrected chi connectivity index (χ3v) is 7.43. The first-order valence-corrected chi connectivity index (χ1v) is 13.2. The lowest BCUT2D eigenvalue weighted by Gasteiger charge is -2.39. The molecule has 3 aromatic rings. The number of piperazine rings is 1. The van der Waals surface area contributed by atoms with Gasteiger partial charge in [0.1, 0.15) is 11.9 Å². The molecule has 1 aliphatic heterocycles. The van der Waals surface area contributed by atoms with Gasteiger partial charge in [-0.25, -0.2) is 4.39 Å². The van der Waals surface area contributed by atoms with E-state index >= 15 is 0 Å². The fourth-order valence-corrected chi connectivity index (χ4v) is 5.35. The number of amides is 2. The van der Waals surface area contributed by atoms with Crippen LogP contribution < -0.4 is 11.1 Å². The smallest absolute Gasteiger partial charge is 0.238 e. The quantitative estimate of drug-likeness (QED) is 0.333. The molecule has 224 valence electrons. The van der Waals surface area contributed by atoms with E-state index in [1.807, 2.05) is 23.2 Å². The molecule has 2 unspecified atom stereocenters. The number of primary amides is 1. The summed E-state index contributed by atoms with van der Waals surface area (Å²) in [6.07, 6.45) is 5.15. The number of nitrogens with two attached hydrogens (primary N) is 1. The van der Waals surface area contributed by atoms with Crippen LogP contribution in [0.15, 0.2) is 67.0 Å². The van der Waals surface area contributed by atoms with Crippen LogP contribution in [0.5, 0.6) is 0 Å². The third-order valence-electron chi connectivity index (χ3n) is 6.80. The van der Waals surface area contributed by atoms with E-state index < -0.39 is 11.9 Å². The minimum absolute atomic E-state index is 0. The van der Waals surface area contributed by atoms with Crippen LogP contribution in [0, 0.1) is 5.82 Å². The van der Waals surface area contributed by atoms with Crippen LogP contribution in [-0.4, -0.2) is 70.8 Å². The van der Waals surface area contributed by atoms with Crippen molar-refractivity contribution in [3.8, 4) is 0 Å². The van der Waals surface area contributed by atoms with Gasteiger partial charge in [0, 0.05) is 37.9 Å². The zero-order chi connectivity index (χ0) is 27.1. The zero-order valence-electron chi connectivity index (χ0n) is 22.1. The van der Waals surface area contributed by atoms with E-state index in [0.717, 1.165) is 24.0 Å². The standard InChI is InChI=1S/C28H30Cl2FN5O2.2ClH.H2O/c29-23-6-1-7-24(30)27(23)34-26(37)18-35-14-15-36(25(17-35)28(32)38)13-3-5-22(20-4-2-12-33-16-20)19-8-10-21(31)11-9-19;;;/h1-2,4,6-12,16,22,25H,3,5,13-15,17-18H2,(H2,32,38)(H,34,37);2*1H;1H2. The number of para-hydroxylation sites is 1. The minimum atomic E-state index is -0.511. The number of hydrogen-bond donors (Lipinski definition) is 2. The number of halogens is 5. The fraction of sp³-hybridized carbons (Fsp3) is 0.321. The van der Waals surface area contributed by atoms with Crippen LogP contribution in [-0.2, 0) is 9.59 Å². The average molecular weight is 649 g/mol. The Bertz CT molecular complexity index is 1240. The molecule has 0 spiro atoms. The Morgan fingerprint density at radius 2 is 1.71 bits per heavy atom. The van der Waals surface area contributed by atoms with Gasteiger partial charge >= 0.3 is 0 Å². The Balaban J connectivity index is 0.00000280. The number of anilines is 1. The summed E-state index contributed by atoms with van der Waals surface area (Å²) in [6, 6.07) is 15.0. The molecule has 2 atom stereocenters. The monoisotopic (exact) mass is 647 g/mol. The highest BCUT2D eigenvalue weighted by molar-refractivity contribution is 6.39. The van der Waals surface area contributed by atoms with E-state index in [-0.39, 0.29) is 54.5 Å². The summed E-state index contributed by atoms with van der Waals surface area (Å²) in [5.74, 6) is -0.913. The second-order valence-electron chi connectivity index (χ2n) is 9.37. The molecular formula is C28H34Cl4FN5O3. The van der Waals surface area contributed by atoms with Gasteiger partial charge in [0.2, 0.25) is 11.8 Å². The number of nitrogens with zero attached hydrogens (tertiary/aromatic N) is 3. The van der Waals surface area contributed by atoms with Crippen molar-refractivity contribution in [3.63, 3.8) is 0 Å². The van der Waals surface area contributed by atoms with Crippen molar-refractivity contribution in [2.75, 3.05) is 38.0 Å². The molecule has 2 aromatic carbocycles. The highest BCUT2D eigenvalue weighted by Gasteiger charge is 2.31. The average Bonchev–Trinajstić information content (AvgIpc) is 2.90. The first-order valence-electron chi connectivity index (χ1n) is 12.5. The SMILES string of the molecule is Cl.Cl.NC(=O)C1CN(CC(=O)Nc2c(Cl)cccc2Cl)CCN1CCCC(c1ccc(F)cc1)c1cccnc1.O. The largest absolute Gasteiger partial charge is 0.412 e. The lowest BCUT2D eigenvalue weighted by Crippen LogP contribution is -2.59. The predicted molar refractivity (Wildman–Crippen MR) is 166 cm³/mol. The molecule has 1 aliphatic rings. The van der Waals surface area contributed by atoms with Crippen LogP contribution in [0.4, 0.5) is 10.1 Å². The number of nitrogens with one attached hydrogen (secondary N) is 1. The number of benzene rings is 2. The van der Waals surface area contributed by atoms with Crippen molar-refractivity contribution >= 4 is 65.5 Å². The van der Waals surface area contributed by atoms with Crippen LogP contribution in [0.1, 0.15) is 29.9 Å². The van der Waals surface area contributed by atoms with Crippen LogP contribution >= 0.6 is 48.0 Å². The van der Waals surface area contributed by atoms with Crippen molar-refractivity contribution in [1.29, 1.82) is 0 Å². The topological polar surface area (TPSA) is 123 Å². The Kier molecular flexibility index (Phi) is 15.5. The number of rotatable bonds is 10. The zero-order valence-corrected chi connectivity index (χ0v) is 25.3. The fourth-order valence-electron chi connectivity index (χ4n) is 4.86. The molecule has 8 nitrogen and oxygen atoms in total. The van der Waals surface area contributed by atoms with Gasteiger partial charge in [-0.3, -0.25) is 24.4 Å². The highest BCUT2D eigenvalue weighted by Crippen LogP contribution is 2.31. The lowest BCUT2D eigenvalue weighted by atomic mass is 9.88. The molecule has 1 fully saturated rings. The van der Waals surface area contributed by atoms with Crippen LogP contribution in [0.3, 0.4) is 0 Å².